The van der Waals surface area contributed by atoms with Crippen LogP contribution in [0.4, 0.5) is 0 Å². The van der Waals surface area contributed by atoms with Gasteiger partial charge < -0.3 is 0 Å². The van der Waals surface area contributed by atoms with Gasteiger partial charge in [-0.15, -0.1) is 0 Å². The van der Waals surface area contributed by atoms with E-state index in [-0.39, 0.29) is 5.60 Å². The first kappa shape index (κ1) is 21.9. The molecule has 0 heterocycles. The molecule has 0 aliphatic rings. The molecule has 0 saturated carbocycles. The first-order valence-electron chi connectivity index (χ1n) is 10.1. The summed E-state index contributed by atoms with van der Waals surface area (Å²) >= 11 is 0. The van der Waals surface area contributed by atoms with Crippen molar-refractivity contribution in [1.82, 2.24) is 0 Å². The van der Waals surface area contributed by atoms with E-state index in [1.165, 1.54) is 70.6 Å². The van der Waals surface area contributed by atoms with Gasteiger partial charge in [0.25, 0.3) is 0 Å². The Kier molecular flexibility index (Phi) is 15.7. The maximum absolute atomic E-state index is 9.45. The molecule has 0 atom stereocenters. The van der Waals surface area contributed by atoms with Crippen molar-refractivity contribution in [2.24, 2.45) is 0 Å². The van der Waals surface area contributed by atoms with Gasteiger partial charge in [0.2, 0.25) is 0 Å². The van der Waals surface area contributed by atoms with Crippen molar-refractivity contribution in [3.8, 4) is 0 Å². The van der Waals surface area contributed by atoms with Gasteiger partial charge in [0, 0.05) is 0 Å². The van der Waals surface area contributed by atoms with Crippen molar-refractivity contribution in [2.45, 2.75) is 129 Å². The summed E-state index contributed by atoms with van der Waals surface area (Å²) in [5.41, 5.74) is -0.257. The van der Waals surface area contributed by atoms with E-state index in [0.717, 1.165) is 32.1 Å². The van der Waals surface area contributed by atoms with Gasteiger partial charge in [-0.3, -0.25) is 5.26 Å². The Morgan fingerprint density at radius 1 is 0.545 bits per heavy atom. The Balaban J connectivity index is 3.82. The minimum Gasteiger partial charge on any atom is -0.251 e. The Bertz CT molecular complexity index is 208. The standard InChI is InChI=1S/C20H42O2/c1-4-7-10-11-12-13-14-15-16-19-20(22-21,17-8-5-2)18-9-6-3/h21H,4-19H2,1-3H3. The van der Waals surface area contributed by atoms with Crippen molar-refractivity contribution in [3.05, 3.63) is 0 Å². The topological polar surface area (TPSA) is 29.5 Å². The van der Waals surface area contributed by atoms with Gasteiger partial charge in [0.05, 0.1) is 0 Å². The highest BCUT2D eigenvalue weighted by Gasteiger charge is 2.29. The maximum atomic E-state index is 9.45. The Hall–Kier alpha value is -0.0800. The summed E-state index contributed by atoms with van der Waals surface area (Å²) in [6.45, 7) is 6.69. The first-order chi connectivity index (χ1) is 10.7. The fourth-order valence-electron chi connectivity index (χ4n) is 3.27. The van der Waals surface area contributed by atoms with Crippen LogP contribution in [0.1, 0.15) is 124 Å². The molecule has 0 bridgehead atoms. The van der Waals surface area contributed by atoms with E-state index < -0.39 is 0 Å². The van der Waals surface area contributed by atoms with Crippen molar-refractivity contribution in [2.75, 3.05) is 0 Å². The van der Waals surface area contributed by atoms with E-state index in [1.807, 2.05) is 0 Å². The van der Waals surface area contributed by atoms with Gasteiger partial charge in [-0.1, -0.05) is 104 Å². The molecule has 0 aromatic carbocycles. The minimum absolute atomic E-state index is 0.257. The van der Waals surface area contributed by atoms with E-state index in [0.29, 0.717) is 0 Å². The van der Waals surface area contributed by atoms with Crippen LogP contribution in [0, 0.1) is 0 Å². The maximum Gasteiger partial charge on any atom is 0.103 e. The normalized spacial score (nSPS) is 12.0. The summed E-state index contributed by atoms with van der Waals surface area (Å²) in [4.78, 5) is 5.01. The molecule has 22 heavy (non-hydrogen) atoms. The van der Waals surface area contributed by atoms with Crippen LogP contribution in [-0.4, -0.2) is 10.9 Å². The summed E-state index contributed by atoms with van der Waals surface area (Å²) in [5.74, 6) is 0. The first-order valence-corrected chi connectivity index (χ1v) is 10.1. The molecule has 0 spiro atoms. The van der Waals surface area contributed by atoms with Crippen LogP contribution in [-0.2, 0) is 4.89 Å². The average molecular weight is 315 g/mol. The van der Waals surface area contributed by atoms with Gasteiger partial charge in [0.15, 0.2) is 0 Å². The third-order valence-electron chi connectivity index (χ3n) is 4.90. The highest BCUT2D eigenvalue weighted by molar-refractivity contribution is 4.79. The zero-order valence-electron chi connectivity index (χ0n) is 15.7. The number of hydrogen-bond donors (Lipinski definition) is 1. The second kappa shape index (κ2) is 15.8. The van der Waals surface area contributed by atoms with Crippen LogP contribution < -0.4 is 0 Å². The van der Waals surface area contributed by atoms with Crippen LogP contribution >= 0.6 is 0 Å². The summed E-state index contributed by atoms with van der Waals surface area (Å²) in [7, 11) is 0. The summed E-state index contributed by atoms with van der Waals surface area (Å²) < 4.78 is 0. The van der Waals surface area contributed by atoms with Gasteiger partial charge in [0.1, 0.15) is 5.60 Å². The second-order valence-electron chi connectivity index (χ2n) is 7.06. The fraction of sp³-hybridized carbons (Fsp3) is 1.00. The molecule has 0 amide bonds. The van der Waals surface area contributed by atoms with Crippen LogP contribution in [0.25, 0.3) is 0 Å². The Morgan fingerprint density at radius 3 is 1.32 bits per heavy atom. The van der Waals surface area contributed by atoms with E-state index in [1.54, 1.807) is 0 Å². The van der Waals surface area contributed by atoms with E-state index in [2.05, 4.69) is 20.8 Å². The molecule has 2 nitrogen and oxygen atoms in total. The second-order valence-corrected chi connectivity index (χ2v) is 7.06. The van der Waals surface area contributed by atoms with Crippen LogP contribution in [0.5, 0.6) is 0 Å². The summed E-state index contributed by atoms with van der Waals surface area (Å²) in [5, 5.41) is 9.45. The zero-order chi connectivity index (χ0) is 16.5. The highest BCUT2D eigenvalue weighted by atomic mass is 17.1. The molecule has 0 saturated heterocycles. The third-order valence-corrected chi connectivity index (χ3v) is 4.90. The van der Waals surface area contributed by atoms with E-state index >= 15 is 0 Å². The molecule has 0 radical (unpaired) electrons. The Morgan fingerprint density at radius 2 is 0.909 bits per heavy atom. The molecule has 0 unspecified atom stereocenters. The fourth-order valence-corrected chi connectivity index (χ4v) is 3.27. The molecule has 0 aromatic heterocycles. The number of unbranched alkanes of at least 4 members (excludes halogenated alkanes) is 10. The van der Waals surface area contributed by atoms with Crippen molar-refractivity contribution >= 4 is 0 Å². The van der Waals surface area contributed by atoms with E-state index in [9.17, 15) is 5.26 Å². The van der Waals surface area contributed by atoms with Gasteiger partial charge in [-0.2, -0.15) is 0 Å². The lowest BCUT2D eigenvalue weighted by atomic mass is 9.85. The predicted octanol–water partition coefficient (Wildman–Crippen LogP) is 7.52. The number of hydrogen-bond acceptors (Lipinski definition) is 2. The van der Waals surface area contributed by atoms with Crippen molar-refractivity contribution in [3.63, 3.8) is 0 Å². The largest absolute Gasteiger partial charge is 0.251 e. The molecule has 134 valence electrons. The minimum atomic E-state index is -0.257. The monoisotopic (exact) mass is 314 g/mol. The molecule has 0 aliphatic heterocycles. The molecule has 2 heteroatoms. The summed E-state index contributed by atoms with van der Waals surface area (Å²) in [6, 6.07) is 0. The smallest absolute Gasteiger partial charge is 0.103 e. The van der Waals surface area contributed by atoms with Crippen molar-refractivity contribution < 1.29 is 10.1 Å². The SMILES string of the molecule is CCCCCCCCCCCC(CCCC)(CCCC)OO. The van der Waals surface area contributed by atoms with Crippen LogP contribution in [0.15, 0.2) is 0 Å². The molecule has 0 aromatic rings. The van der Waals surface area contributed by atoms with Crippen molar-refractivity contribution in [1.29, 1.82) is 0 Å². The lowest BCUT2D eigenvalue weighted by molar-refractivity contribution is -0.330. The Labute approximate surface area is 140 Å². The molecule has 1 N–H and O–H groups in total. The van der Waals surface area contributed by atoms with Crippen LogP contribution in [0.3, 0.4) is 0 Å². The van der Waals surface area contributed by atoms with E-state index in [4.69, 9.17) is 4.89 Å². The van der Waals surface area contributed by atoms with Gasteiger partial charge >= 0.3 is 0 Å². The lowest BCUT2D eigenvalue weighted by Crippen LogP contribution is -2.31. The van der Waals surface area contributed by atoms with Crippen LogP contribution in [0.2, 0.25) is 0 Å². The zero-order valence-corrected chi connectivity index (χ0v) is 15.7. The molecule has 0 rings (SSSR count). The average Bonchev–Trinajstić information content (AvgIpc) is 2.55. The molecular formula is C20H42O2. The van der Waals surface area contributed by atoms with Gasteiger partial charge in [-0.05, 0) is 19.3 Å². The number of rotatable bonds is 17. The predicted molar refractivity (Wildman–Crippen MR) is 97.3 cm³/mol. The third kappa shape index (κ3) is 11.5. The quantitative estimate of drug-likeness (QED) is 0.171. The lowest BCUT2D eigenvalue weighted by Gasteiger charge is -2.30. The highest BCUT2D eigenvalue weighted by Crippen LogP contribution is 2.31. The van der Waals surface area contributed by atoms with Gasteiger partial charge in [-0.25, -0.2) is 4.89 Å². The molecular weight excluding hydrogens is 272 g/mol. The molecule has 0 fully saturated rings. The summed E-state index contributed by atoms with van der Waals surface area (Å²) in [6.07, 6.45) is 19.9. The molecule has 0 aliphatic carbocycles.